The second-order valence-corrected chi connectivity index (χ2v) is 6.08. The van der Waals surface area contributed by atoms with Crippen molar-refractivity contribution in [3.05, 3.63) is 90.5 Å². The van der Waals surface area contributed by atoms with Crippen molar-refractivity contribution in [2.24, 2.45) is 0 Å². The van der Waals surface area contributed by atoms with Gasteiger partial charge in [0.25, 0.3) is 0 Å². The van der Waals surface area contributed by atoms with Crippen LogP contribution >= 0.6 is 0 Å². The lowest BCUT2D eigenvalue weighted by Crippen LogP contribution is -2.03. The zero-order chi connectivity index (χ0) is 18.6. The summed E-state index contributed by atoms with van der Waals surface area (Å²) in [6, 6.07) is 29.9. The molecule has 1 heterocycles. The molecule has 0 bridgehead atoms. The molecule has 27 heavy (non-hydrogen) atoms. The molecule has 4 nitrogen and oxygen atoms in total. The van der Waals surface area contributed by atoms with Crippen molar-refractivity contribution >= 4 is 5.95 Å². The summed E-state index contributed by atoms with van der Waals surface area (Å²) in [7, 11) is 0. The summed E-state index contributed by atoms with van der Waals surface area (Å²) in [6.07, 6.45) is 0. The Kier molecular flexibility index (Phi) is 4.34. The molecule has 4 aromatic rings. The predicted molar refractivity (Wildman–Crippen MR) is 107 cm³/mol. The third-order valence-corrected chi connectivity index (χ3v) is 4.35. The van der Waals surface area contributed by atoms with E-state index in [2.05, 4.69) is 28.2 Å². The first-order valence-electron chi connectivity index (χ1n) is 8.55. The molecular weight excluding hydrogens is 332 g/mol. The first-order chi connectivity index (χ1) is 13.3. The minimum absolute atomic E-state index is 0.148. The van der Waals surface area contributed by atoms with Gasteiger partial charge in [0.2, 0.25) is 5.95 Å². The number of benzene rings is 3. The molecule has 0 saturated carbocycles. The van der Waals surface area contributed by atoms with Gasteiger partial charge < -0.3 is 5.73 Å². The average Bonchev–Trinajstić information content (AvgIpc) is 2.74. The molecule has 3 aromatic carbocycles. The molecule has 0 aliphatic heterocycles. The lowest BCUT2D eigenvalue weighted by atomic mass is 9.98. The topological polar surface area (TPSA) is 75.6 Å². The fourth-order valence-electron chi connectivity index (χ4n) is 3.05. The molecule has 2 N–H and O–H groups in total. The molecule has 0 spiro atoms. The second-order valence-electron chi connectivity index (χ2n) is 6.08. The third kappa shape index (κ3) is 3.26. The third-order valence-electron chi connectivity index (χ3n) is 4.35. The molecule has 0 unspecified atom stereocenters. The van der Waals surface area contributed by atoms with Crippen molar-refractivity contribution in [1.29, 1.82) is 5.26 Å². The SMILES string of the molecule is N#Cc1c(-c2ccccc2)nc(N)nc1-c1ccc(-c2ccccc2)cc1. The van der Waals surface area contributed by atoms with Crippen LogP contribution in [0.4, 0.5) is 5.95 Å². The van der Waals surface area contributed by atoms with Gasteiger partial charge in [-0.1, -0.05) is 84.9 Å². The Labute approximate surface area is 157 Å². The van der Waals surface area contributed by atoms with Crippen molar-refractivity contribution in [3.63, 3.8) is 0 Å². The number of rotatable bonds is 3. The van der Waals surface area contributed by atoms with Crippen LogP contribution in [0.5, 0.6) is 0 Å². The van der Waals surface area contributed by atoms with E-state index in [9.17, 15) is 5.26 Å². The minimum atomic E-state index is 0.148. The highest BCUT2D eigenvalue weighted by atomic mass is 15.0. The normalized spacial score (nSPS) is 10.3. The van der Waals surface area contributed by atoms with Gasteiger partial charge in [0, 0.05) is 11.1 Å². The summed E-state index contributed by atoms with van der Waals surface area (Å²) in [5.41, 5.74) is 11.4. The molecule has 1 aromatic heterocycles. The Bertz CT molecular complexity index is 1110. The van der Waals surface area contributed by atoms with Gasteiger partial charge >= 0.3 is 0 Å². The van der Waals surface area contributed by atoms with Crippen LogP contribution in [0.3, 0.4) is 0 Å². The van der Waals surface area contributed by atoms with Crippen LogP contribution in [0.25, 0.3) is 33.6 Å². The fourth-order valence-corrected chi connectivity index (χ4v) is 3.05. The van der Waals surface area contributed by atoms with Gasteiger partial charge in [0.05, 0.1) is 11.4 Å². The van der Waals surface area contributed by atoms with E-state index in [-0.39, 0.29) is 5.95 Å². The number of nitrogens with zero attached hydrogens (tertiary/aromatic N) is 3. The van der Waals surface area contributed by atoms with Crippen LogP contribution in [-0.4, -0.2) is 9.97 Å². The smallest absolute Gasteiger partial charge is 0.221 e. The van der Waals surface area contributed by atoms with E-state index < -0.39 is 0 Å². The molecule has 128 valence electrons. The summed E-state index contributed by atoms with van der Waals surface area (Å²) in [5.74, 6) is 0.148. The number of nitrogen functional groups attached to an aromatic ring is 1. The summed E-state index contributed by atoms with van der Waals surface area (Å²) in [6.45, 7) is 0. The zero-order valence-electron chi connectivity index (χ0n) is 14.5. The van der Waals surface area contributed by atoms with E-state index >= 15 is 0 Å². The van der Waals surface area contributed by atoms with Crippen LogP contribution in [0.15, 0.2) is 84.9 Å². The molecule has 0 fully saturated rings. The number of hydrogen-bond acceptors (Lipinski definition) is 4. The van der Waals surface area contributed by atoms with Crippen molar-refractivity contribution in [3.8, 4) is 39.7 Å². The number of anilines is 1. The predicted octanol–water partition coefficient (Wildman–Crippen LogP) is 4.93. The lowest BCUT2D eigenvalue weighted by molar-refractivity contribution is 1.18. The Morgan fingerprint density at radius 1 is 0.593 bits per heavy atom. The molecule has 0 aliphatic carbocycles. The number of hydrogen-bond donors (Lipinski definition) is 1. The molecule has 0 saturated heterocycles. The van der Waals surface area contributed by atoms with E-state index in [0.717, 1.165) is 22.3 Å². The molecule has 0 radical (unpaired) electrons. The van der Waals surface area contributed by atoms with Crippen LogP contribution in [0, 0.1) is 11.3 Å². The minimum Gasteiger partial charge on any atom is -0.368 e. The molecule has 0 atom stereocenters. The fraction of sp³-hybridized carbons (Fsp3) is 0. The van der Waals surface area contributed by atoms with Crippen LogP contribution in [-0.2, 0) is 0 Å². The van der Waals surface area contributed by atoms with Gasteiger partial charge in [-0.05, 0) is 11.1 Å². The molecule has 0 amide bonds. The number of nitriles is 1. The molecule has 4 heteroatoms. The van der Waals surface area contributed by atoms with E-state index in [1.807, 2.05) is 72.8 Å². The Morgan fingerprint density at radius 3 is 1.52 bits per heavy atom. The van der Waals surface area contributed by atoms with Crippen LogP contribution in [0.2, 0.25) is 0 Å². The van der Waals surface area contributed by atoms with Gasteiger partial charge in [-0.15, -0.1) is 0 Å². The highest BCUT2D eigenvalue weighted by Gasteiger charge is 2.16. The van der Waals surface area contributed by atoms with Gasteiger partial charge in [-0.3, -0.25) is 0 Å². The van der Waals surface area contributed by atoms with Crippen LogP contribution < -0.4 is 5.73 Å². The van der Waals surface area contributed by atoms with Gasteiger partial charge in [-0.2, -0.15) is 5.26 Å². The van der Waals surface area contributed by atoms with Crippen LogP contribution in [0.1, 0.15) is 5.56 Å². The Morgan fingerprint density at radius 2 is 1.00 bits per heavy atom. The Hall–Kier alpha value is -3.97. The van der Waals surface area contributed by atoms with E-state index in [0.29, 0.717) is 17.0 Å². The van der Waals surface area contributed by atoms with E-state index in [1.165, 1.54) is 0 Å². The van der Waals surface area contributed by atoms with E-state index in [4.69, 9.17) is 5.73 Å². The average molecular weight is 348 g/mol. The quantitative estimate of drug-likeness (QED) is 0.569. The van der Waals surface area contributed by atoms with Crippen molar-refractivity contribution in [2.75, 3.05) is 5.73 Å². The summed E-state index contributed by atoms with van der Waals surface area (Å²) < 4.78 is 0. The van der Waals surface area contributed by atoms with Gasteiger partial charge in [-0.25, -0.2) is 9.97 Å². The van der Waals surface area contributed by atoms with Gasteiger partial charge in [0.15, 0.2) is 0 Å². The molecule has 4 rings (SSSR count). The van der Waals surface area contributed by atoms with Crippen molar-refractivity contribution < 1.29 is 0 Å². The van der Waals surface area contributed by atoms with Crippen molar-refractivity contribution in [2.45, 2.75) is 0 Å². The zero-order valence-corrected chi connectivity index (χ0v) is 14.5. The van der Waals surface area contributed by atoms with E-state index in [1.54, 1.807) is 0 Å². The highest BCUT2D eigenvalue weighted by molar-refractivity contribution is 5.79. The largest absolute Gasteiger partial charge is 0.368 e. The maximum atomic E-state index is 9.77. The van der Waals surface area contributed by atoms with Crippen molar-refractivity contribution in [1.82, 2.24) is 9.97 Å². The van der Waals surface area contributed by atoms with Gasteiger partial charge in [0.1, 0.15) is 11.6 Å². The highest BCUT2D eigenvalue weighted by Crippen LogP contribution is 2.31. The lowest BCUT2D eigenvalue weighted by Gasteiger charge is -2.10. The maximum absolute atomic E-state index is 9.77. The standard InChI is InChI=1S/C23H16N4/c24-15-20-21(18-9-5-2-6-10-18)26-23(25)27-22(20)19-13-11-17(12-14-19)16-7-3-1-4-8-16/h1-14H,(H2,25,26,27). The molecular formula is C23H16N4. The first-order valence-corrected chi connectivity index (χ1v) is 8.55. The Balaban J connectivity index is 1.83. The number of aromatic nitrogens is 2. The second kappa shape index (κ2) is 7.11. The summed E-state index contributed by atoms with van der Waals surface area (Å²) in [4.78, 5) is 8.66. The number of nitrogens with two attached hydrogens (primary N) is 1. The first kappa shape index (κ1) is 16.5. The monoisotopic (exact) mass is 348 g/mol. The maximum Gasteiger partial charge on any atom is 0.221 e. The molecule has 0 aliphatic rings. The summed E-state index contributed by atoms with van der Waals surface area (Å²) >= 11 is 0. The summed E-state index contributed by atoms with van der Waals surface area (Å²) in [5, 5.41) is 9.77.